The maximum Gasteiger partial charge on any atom is 0.0991 e. The Hall–Kier alpha value is -1.77. The van der Waals surface area contributed by atoms with E-state index in [4.69, 9.17) is 11.7 Å². The fourth-order valence-corrected chi connectivity index (χ4v) is 1.34. The third kappa shape index (κ3) is 3.46. The normalized spacial score (nSPS) is 11.4. The van der Waals surface area contributed by atoms with Crippen molar-refractivity contribution in [1.82, 2.24) is 0 Å². The van der Waals surface area contributed by atoms with Crippen LogP contribution in [0.3, 0.4) is 0 Å². The lowest BCUT2D eigenvalue weighted by Gasteiger charge is -2.09. The lowest BCUT2D eigenvalue weighted by Crippen LogP contribution is -1.97. The Morgan fingerprint density at radius 2 is 2.00 bits per heavy atom. The van der Waals surface area contributed by atoms with Crippen molar-refractivity contribution in [3.8, 4) is 18.4 Å². The zero-order valence-corrected chi connectivity index (χ0v) is 8.48. The maximum atomic E-state index is 9.76. The SMILES string of the molecule is C#CCCCC(O)c1ccc(C#N)cc1. The highest BCUT2D eigenvalue weighted by Gasteiger charge is 2.06. The lowest BCUT2D eigenvalue weighted by atomic mass is 10.0. The first-order valence-corrected chi connectivity index (χ1v) is 4.89. The van der Waals surface area contributed by atoms with E-state index in [0.29, 0.717) is 18.4 Å². The molecular weight excluding hydrogens is 186 g/mol. The van der Waals surface area contributed by atoms with E-state index in [1.54, 1.807) is 24.3 Å². The number of hydrogen-bond donors (Lipinski definition) is 1. The van der Waals surface area contributed by atoms with E-state index >= 15 is 0 Å². The van der Waals surface area contributed by atoms with Crippen molar-refractivity contribution in [2.75, 3.05) is 0 Å². The first-order chi connectivity index (χ1) is 7.27. The minimum Gasteiger partial charge on any atom is -0.388 e. The second-order valence-electron chi connectivity index (χ2n) is 3.35. The number of aliphatic hydroxyl groups is 1. The van der Waals surface area contributed by atoms with Crippen LogP contribution in [-0.2, 0) is 0 Å². The Labute approximate surface area is 90.2 Å². The van der Waals surface area contributed by atoms with Gasteiger partial charge in [0.15, 0.2) is 0 Å². The van der Waals surface area contributed by atoms with Gasteiger partial charge in [0.25, 0.3) is 0 Å². The standard InChI is InChI=1S/C13H13NO/c1-2-3-4-5-13(15)12-8-6-11(10-14)7-9-12/h1,6-9,13,15H,3-5H2. The van der Waals surface area contributed by atoms with Gasteiger partial charge in [0, 0.05) is 6.42 Å². The molecule has 0 bridgehead atoms. The van der Waals surface area contributed by atoms with Crippen LogP contribution in [0.15, 0.2) is 24.3 Å². The smallest absolute Gasteiger partial charge is 0.0991 e. The zero-order valence-electron chi connectivity index (χ0n) is 8.48. The molecule has 1 aromatic carbocycles. The third-order valence-corrected chi connectivity index (χ3v) is 2.22. The Morgan fingerprint density at radius 3 is 2.53 bits per heavy atom. The summed E-state index contributed by atoms with van der Waals surface area (Å²) in [5.74, 6) is 2.54. The molecule has 0 aromatic heterocycles. The summed E-state index contributed by atoms with van der Waals surface area (Å²) in [5, 5.41) is 18.4. The van der Waals surface area contributed by atoms with Gasteiger partial charge in [-0.2, -0.15) is 5.26 Å². The van der Waals surface area contributed by atoms with Gasteiger partial charge in [0.2, 0.25) is 0 Å². The molecular formula is C13H13NO. The Balaban J connectivity index is 2.55. The summed E-state index contributed by atoms with van der Waals surface area (Å²) in [7, 11) is 0. The number of aliphatic hydroxyl groups excluding tert-OH is 1. The molecule has 2 heteroatoms. The molecule has 76 valence electrons. The third-order valence-electron chi connectivity index (χ3n) is 2.22. The zero-order chi connectivity index (χ0) is 11.1. The molecule has 0 fully saturated rings. The van der Waals surface area contributed by atoms with E-state index < -0.39 is 6.10 Å². The molecule has 0 heterocycles. The lowest BCUT2D eigenvalue weighted by molar-refractivity contribution is 0.165. The molecule has 0 saturated heterocycles. The molecule has 1 rings (SSSR count). The molecule has 2 nitrogen and oxygen atoms in total. The van der Waals surface area contributed by atoms with Gasteiger partial charge in [-0.1, -0.05) is 12.1 Å². The van der Waals surface area contributed by atoms with Crippen molar-refractivity contribution < 1.29 is 5.11 Å². The average Bonchev–Trinajstić information content (AvgIpc) is 2.29. The Morgan fingerprint density at radius 1 is 1.33 bits per heavy atom. The van der Waals surface area contributed by atoms with Crippen molar-refractivity contribution >= 4 is 0 Å². The summed E-state index contributed by atoms with van der Waals surface area (Å²) in [6, 6.07) is 9.01. The quantitative estimate of drug-likeness (QED) is 0.597. The summed E-state index contributed by atoms with van der Waals surface area (Å²) >= 11 is 0. The van der Waals surface area contributed by atoms with Crippen LogP contribution in [0.2, 0.25) is 0 Å². The molecule has 15 heavy (non-hydrogen) atoms. The minimum atomic E-state index is -0.480. The molecule has 0 radical (unpaired) electrons. The van der Waals surface area contributed by atoms with Crippen molar-refractivity contribution in [2.45, 2.75) is 25.4 Å². The molecule has 0 spiro atoms. The highest BCUT2D eigenvalue weighted by atomic mass is 16.3. The molecule has 0 aliphatic rings. The summed E-state index contributed by atoms with van der Waals surface area (Å²) in [4.78, 5) is 0. The van der Waals surface area contributed by atoms with Crippen LogP contribution in [0.5, 0.6) is 0 Å². The highest BCUT2D eigenvalue weighted by molar-refractivity contribution is 5.32. The van der Waals surface area contributed by atoms with Gasteiger partial charge in [0.1, 0.15) is 0 Å². The minimum absolute atomic E-state index is 0.480. The monoisotopic (exact) mass is 199 g/mol. The van der Waals surface area contributed by atoms with E-state index in [0.717, 1.165) is 12.0 Å². The van der Waals surface area contributed by atoms with Crippen molar-refractivity contribution in [1.29, 1.82) is 5.26 Å². The number of nitrogens with zero attached hydrogens (tertiary/aromatic N) is 1. The van der Waals surface area contributed by atoms with E-state index in [1.165, 1.54) is 0 Å². The number of rotatable bonds is 4. The van der Waals surface area contributed by atoms with Gasteiger partial charge in [-0.3, -0.25) is 0 Å². The number of hydrogen-bond acceptors (Lipinski definition) is 2. The number of unbranched alkanes of at least 4 members (excludes halogenated alkanes) is 1. The largest absolute Gasteiger partial charge is 0.388 e. The van der Waals surface area contributed by atoms with Crippen LogP contribution in [0.25, 0.3) is 0 Å². The van der Waals surface area contributed by atoms with Gasteiger partial charge in [-0.25, -0.2) is 0 Å². The maximum absolute atomic E-state index is 9.76. The summed E-state index contributed by atoms with van der Waals surface area (Å²) < 4.78 is 0. The molecule has 1 aromatic rings. The topological polar surface area (TPSA) is 44.0 Å². The van der Waals surface area contributed by atoms with Crippen LogP contribution >= 0.6 is 0 Å². The van der Waals surface area contributed by atoms with Crippen molar-refractivity contribution in [3.05, 3.63) is 35.4 Å². The van der Waals surface area contributed by atoms with Crippen LogP contribution < -0.4 is 0 Å². The molecule has 0 saturated carbocycles. The molecule has 1 N–H and O–H groups in total. The number of nitriles is 1. The predicted molar refractivity (Wildman–Crippen MR) is 58.8 cm³/mol. The van der Waals surface area contributed by atoms with Crippen LogP contribution in [0.1, 0.15) is 36.5 Å². The molecule has 0 amide bonds. The van der Waals surface area contributed by atoms with E-state index in [-0.39, 0.29) is 0 Å². The predicted octanol–water partition coefficient (Wildman–Crippen LogP) is 2.40. The van der Waals surface area contributed by atoms with Gasteiger partial charge in [-0.15, -0.1) is 12.3 Å². The average molecular weight is 199 g/mol. The summed E-state index contributed by atoms with van der Waals surface area (Å²) in [6.07, 6.45) is 6.81. The molecule has 1 atom stereocenters. The van der Waals surface area contributed by atoms with Gasteiger partial charge < -0.3 is 5.11 Å². The fraction of sp³-hybridized carbons (Fsp3) is 0.308. The first kappa shape index (κ1) is 11.3. The van der Waals surface area contributed by atoms with Crippen molar-refractivity contribution in [3.63, 3.8) is 0 Å². The Bertz CT molecular complexity index is 380. The molecule has 1 unspecified atom stereocenters. The van der Waals surface area contributed by atoms with E-state index in [9.17, 15) is 5.11 Å². The molecule has 0 aliphatic carbocycles. The molecule has 0 aliphatic heterocycles. The van der Waals surface area contributed by atoms with Gasteiger partial charge >= 0.3 is 0 Å². The summed E-state index contributed by atoms with van der Waals surface area (Å²) in [5.41, 5.74) is 1.44. The number of terminal acetylenes is 1. The number of benzene rings is 1. The van der Waals surface area contributed by atoms with Crippen molar-refractivity contribution in [2.24, 2.45) is 0 Å². The Kier molecular flexibility index (Phi) is 4.41. The first-order valence-electron chi connectivity index (χ1n) is 4.89. The van der Waals surface area contributed by atoms with Crippen LogP contribution in [-0.4, -0.2) is 5.11 Å². The van der Waals surface area contributed by atoms with Crippen LogP contribution in [0, 0.1) is 23.7 Å². The van der Waals surface area contributed by atoms with E-state index in [1.807, 2.05) is 6.07 Å². The second-order valence-corrected chi connectivity index (χ2v) is 3.35. The van der Waals surface area contributed by atoms with Gasteiger partial charge in [-0.05, 0) is 30.5 Å². The van der Waals surface area contributed by atoms with E-state index in [2.05, 4.69) is 5.92 Å². The summed E-state index contributed by atoms with van der Waals surface area (Å²) in [6.45, 7) is 0. The second kappa shape index (κ2) is 5.86. The van der Waals surface area contributed by atoms with Gasteiger partial charge in [0.05, 0.1) is 17.7 Å². The fourth-order valence-electron chi connectivity index (χ4n) is 1.34. The van der Waals surface area contributed by atoms with Crippen LogP contribution in [0.4, 0.5) is 0 Å². The highest BCUT2D eigenvalue weighted by Crippen LogP contribution is 2.19.